The van der Waals surface area contributed by atoms with Crippen molar-refractivity contribution in [3.8, 4) is 28.8 Å². The minimum Gasteiger partial charge on any atom is -0.493 e. The van der Waals surface area contributed by atoms with Gasteiger partial charge in [0, 0.05) is 11.1 Å². The highest BCUT2D eigenvalue weighted by atomic mass is 16.5. The summed E-state index contributed by atoms with van der Waals surface area (Å²) in [6, 6.07) is 16.7. The van der Waals surface area contributed by atoms with Gasteiger partial charge >= 0.3 is 0 Å². The van der Waals surface area contributed by atoms with Crippen LogP contribution in [0.5, 0.6) is 11.5 Å². The molecule has 1 aromatic heterocycles. The first kappa shape index (κ1) is 20.7. The van der Waals surface area contributed by atoms with Crippen LogP contribution in [0.15, 0.2) is 60.3 Å². The number of carbonyl (C=O) groups excluding carboxylic acids is 1. The zero-order valence-corrected chi connectivity index (χ0v) is 17.0. The molecule has 2 N–H and O–H groups in total. The summed E-state index contributed by atoms with van der Waals surface area (Å²) in [6.45, 7) is 1.87. The van der Waals surface area contributed by atoms with Crippen molar-refractivity contribution in [3.63, 3.8) is 0 Å². The quantitative estimate of drug-likeness (QED) is 0.461. The zero-order chi connectivity index (χ0) is 21.5. The van der Waals surface area contributed by atoms with Crippen molar-refractivity contribution in [3.05, 3.63) is 71.4 Å². The Morgan fingerprint density at radius 1 is 1.17 bits per heavy atom. The molecule has 0 aliphatic heterocycles. The van der Waals surface area contributed by atoms with Crippen molar-refractivity contribution >= 4 is 12.0 Å². The summed E-state index contributed by atoms with van der Waals surface area (Å²) in [5.74, 6) is 0.715. The van der Waals surface area contributed by atoms with E-state index in [2.05, 4.69) is 15.5 Å². The van der Waals surface area contributed by atoms with Crippen molar-refractivity contribution in [1.82, 2.24) is 15.5 Å². The molecule has 0 spiro atoms. The van der Waals surface area contributed by atoms with Crippen molar-refractivity contribution < 1.29 is 14.3 Å². The molecule has 1 unspecified atom stereocenters. The van der Waals surface area contributed by atoms with E-state index in [0.29, 0.717) is 22.8 Å². The molecule has 0 aliphatic carbocycles. The first-order valence-electron chi connectivity index (χ1n) is 9.30. The molecule has 3 rings (SSSR count). The number of nitriles is 1. The Bertz CT molecular complexity index is 1100. The molecule has 0 saturated carbocycles. The molecule has 30 heavy (non-hydrogen) atoms. The van der Waals surface area contributed by atoms with Gasteiger partial charge in [0.25, 0.3) is 5.91 Å². The number of nitrogens with zero attached hydrogens (tertiary/aromatic N) is 2. The largest absolute Gasteiger partial charge is 0.493 e. The SMILES string of the molecule is COc1ccc(-c2[nH]ncc2C=C(C#N)C(=O)NC(C)c2ccccc2)cc1OC. The van der Waals surface area contributed by atoms with Crippen LogP contribution in [0.2, 0.25) is 0 Å². The maximum Gasteiger partial charge on any atom is 0.262 e. The first-order valence-corrected chi connectivity index (χ1v) is 9.30. The van der Waals surface area contributed by atoms with Crippen LogP contribution in [0, 0.1) is 11.3 Å². The second-order valence-corrected chi connectivity index (χ2v) is 6.55. The number of hydrogen-bond acceptors (Lipinski definition) is 5. The van der Waals surface area contributed by atoms with E-state index >= 15 is 0 Å². The fourth-order valence-corrected chi connectivity index (χ4v) is 3.03. The molecule has 0 radical (unpaired) electrons. The van der Waals surface area contributed by atoms with E-state index in [1.807, 2.05) is 49.4 Å². The zero-order valence-electron chi connectivity index (χ0n) is 17.0. The lowest BCUT2D eigenvalue weighted by Gasteiger charge is -2.13. The summed E-state index contributed by atoms with van der Waals surface area (Å²) in [6.07, 6.45) is 3.08. The summed E-state index contributed by atoms with van der Waals surface area (Å²) in [5.41, 5.74) is 3.00. The van der Waals surface area contributed by atoms with Crippen LogP contribution in [-0.2, 0) is 4.79 Å². The lowest BCUT2D eigenvalue weighted by atomic mass is 10.0. The lowest BCUT2D eigenvalue weighted by Crippen LogP contribution is -2.27. The molecule has 1 heterocycles. The number of methoxy groups -OCH3 is 2. The summed E-state index contributed by atoms with van der Waals surface area (Å²) in [5, 5.41) is 19.4. The monoisotopic (exact) mass is 402 g/mol. The predicted octanol–water partition coefficient (Wildman–Crippen LogP) is 3.88. The molecule has 0 bridgehead atoms. The average Bonchev–Trinajstić information content (AvgIpc) is 3.25. The highest BCUT2D eigenvalue weighted by molar-refractivity contribution is 6.02. The van der Waals surface area contributed by atoms with Gasteiger partial charge in [-0.3, -0.25) is 9.89 Å². The Balaban J connectivity index is 1.87. The van der Waals surface area contributed by atoms with E-state index in [9.17, 15) is 10.1 Å². The van der Waals surface area contributed by atoms with Crippen LogP contribution in [0.1, 0.15) is 24.1 Å². The molecular weight excluding hydrogens is 380 g/mol. The predicted molar refractivity (Wildman–Crippen MR) is 114 cm³/mol. The molecule has 0 aliphatic rings. The minimum atomic E-state index is -0.451. The van der Waals surface area contributed by atoms with E-state index in [-0.39, 0.29) is 11.6 Å². The Kier molecular flexibility index (Phi) is 6.50. The van der Waals surface area contributed by atoms with Gasteiger partial charge in [-0.2, -0.15) is 10.4 Å². The minimum absolute atomic E-state index is 0.0130. The van der Waals surface area contributed by atoms with Crippen LogP contribution in [0.25, 0.3) is 17.3 Å². The topological polar surface area (TPSA) is 100 Å². The second-order valence-electron chi connectivity index (χ2n) is 6.55. The number of carbonyl (C=O) groups is 1. The van der Waals surface area contributed by atoms with Crippen LogP contribution in [-0.4, -0.2) is 30.3 Å². The number of aromatic nitrogens is 2. The first-order chi connectivity index (χ1) is 14.6. The fraction of sp³-hybridized carbons (Fsp3) is 0.174. The second kappa shape index (κ2) is 9.43. The van der Waals surface area contributed by atoms with Crippen molar-refractivity contribution in [2.75, 3.05) is 14.2 Å². The number of ether oxygens (including phenoxy) is 2. The molecule has 0 fully saturated rings. The van der Waals surface area contributed by atoms with Crippen LogP contribution in [0.3, 0.4) is 0 Å². The van der Waals surface area contributed by atoms with Gasteiger partial charge in [-0.1, -0.05) is 30.3 Å². The van der Waals surface area contributed by atoms with Gasteiger partial charge in [0.1, 0.15) is 11.6 Å². The number of amides is 1. The van der Waals surface area contributed by atoms with Gasteiger partial charge in [-0.15, -0.1) is 0 Å². The molecule has 152 valence electrons. The normalized spacial score (nSPS) is 12.0. The number of rotatable bonds is 7. The summed E-state index contributed by atoms with van der Waals surface area (Å²) < 4.78 is 10.6. The van der Waals surface area contributed by atoms with Crippen LogP contribution >= 0.6 is 0 Å². The summed E-state index contributed by atoms with van der Waals surface area (Å²) >= 11 is 0. The molecule has 3 aromatic rings. The van der Waals surface area contributed by atoms with E-state index in [0.717, 1.165) is 11.1 Å². The number of H-pyrrole nitrogens is 1. The van der Waals surface area contributed by atoms with Gasteiger partial charge in [0.2, 0.25) is 0 Å². The number of nitrogens with one attached hydrogen (secondary N) is 2. The average molecular weight is 402 g/mol. The van der Waals surface area contributed by atoms with Crippen LogP contribution in [0.4, 0.5) is 0 Å². The third-order valence-electron chi connectivity index (χ3n) is 4.65. The Morgan fingerprint density at radius 2 is 1.90 bits per heavy atom. The highest BCUT2D eigenvalue weighted by Gasteiger charge is 2.16. The standard InChI is InChI=1S/C23H22N4O3/c1-15(16-7-5-4-6-8-16)26-23(28)18(13-24)11-19-14-25-27-22(19)17-9-10-20(29-2)21(12-17)30-3/h4-12,14-15H,1-3H3,(H,25,27)(H,26,28). The Hall–Kier alpha value is -4.05. The van der Waals surface area contributed by atoms with E-state index < -0.39 is 5.91 Å². The molecule has 7 nitrogen and oxygen atoms in total. The van der Waals surface area contributed by atoms with Crippen molar-refractivity contribution in [2.24, 2.45) is 0 Å². The number of aromatic amines is 1. The van der Waals surface area contributed by atoms with Crippen molar-refractivity contribution in [2.45, 2.75) is 13.0 Å². The number of hydrogen-bond donors (Lipinski definition) is 2. The lowest BCUT2D eigenvalue weighted by molar-refractivity contribution is -0.117. The smallest absolute Gasteiger partial charge is 0.262 e. The van der Waals surface area contributed by atoms with Gasteiger partial charge in [0.15, 0.2) is 11.5 Å². The fourth-order valence-electron chi connectivity index (χ4n) is 3.03. The maximum atomic E-state index is 12.6. The summed E-state index contributed by atoms with van der Waals surface area (Å²) in [7, 11) is 3.12. The molecule has 2 aromatic carbocycles. The molecule has 1 amide bonds. The van der Waals surface area contributed by atoms with Crippen molar-refractivity contribution in [1.29, 1.82) is 5.26 Å². The molecule has 1 atom stereocenters. The molecule has 7 heteroatoms. The molecule has 0 saturated heterocycles. The van der Waals surface area contributed by atoms with E-state index in [4.69, 9.17) is 9.47 Å². The number of benzene rings is 2. The van der Waals surface area contributed by atoms with Gasteiger partial charge in [0.05, 0.1) is 32.2 Å². The Labute approximate surface area is 175 Å². The highest BCUT2D eigenvalue weighted by Crippen LogP contribution is 2.33. The van der Waals surface area contributed by atoms with Gasteiger partial charge in [-0.25, -0.2) is 0 Å². The third-order valence-corrected chi connectivity index (χ3v) is 4.65. The Morgan fingerprint density at radius 3 is 2.57 bits per heavy atom. The van der Waals surface area contributed by atoms with E-state index in [1.54, 1.807) is 32.5 Å². The van der Waals surface area contributed by atoms with Gasteiger partial charge < -0.3 is 14.8 Å². The van der Waals surface area contributed by atoms with E-state index in [1.165, 1.54) is 6.08 Å². The van der Waals surface area contributed by atoms with Gasteiger partial charge in [-0.05, 0) is 36.8 Å². The maximum absolute atomic E-state index is 12.6. The van der Waals surface area contributed by atoms with Crippen LogP contribution < -0.4 is 14.8 Å². The third kappa shape index (κ3) is 4.50. The summed E-state index contributed by atoms with van der Waals surface area (Å²) in [4.78, 5) is 12.6. The molecular formula is C23H22N4O3.